The predicted octanol–water partition coefficient (Wildman–Crippen LogP) is 4.50. The van der Waals surface area contributed by atoms with Crippen LogP contribution in [0.5, 0.6) is 0 Å². The maximum absolute atomic E-state index is 12.4. The van der Waals surface area contributed by atoms with Crippen LogP contribution in [-0.2, 0) is 4.74 Å². The molecule has 2 N–H and O–H groups in total. The average Bonchev–Trinajstić information content (AvgIpc) is 2.70. The Bertz CT molecular complexity index is 913. The van der Waals surface area contributed by atoms with E-state index in [9.17, 15) is 4.79 Å². The molecule has 0 aliphatic carbocycles. The van der Waals surface area contributed by atoms with Gasteiger partial charge in [-0.3, -0.25) is 0 Å². The number of nitrogens with zero attached hydrogens (tertiary/aromatic N) is 2. The van der Waals surface area contributed by atoms with Crippen LogP contribution in [0.2, 0.25) is 0 Å². The van der Waals surface area contributed by atoms with Crippen LogP contribution in [0, 0.1) is 0 Å². The van der Waals surface area contributed by atoms with Gasteiger partial charge in [0.05, 0.1) is 18.0 Å². The Kier molecular flexibility index (Phi) is 5.99. The Morgan fingerprint density at radius 3 is 2.41 bits per heavy atom. The summed E-state index contributed by atoms with van der Waals surface area (Å²) < 4.78 is 5.16. The number of nitrogens with one attached hydrogen (secondary N) is 2. The summed E-state index contributed by atoms with van der Waals surface area (Å²) in [6.45, 7) is 4.86. The van der Waals surface area contributed by atoms with E-state index in [0.29, 0.717) is 17.2 Å². The second-order valence-corrected chi connectivity index (χ2v) is 5.74. The molecule has 138 valence electrons. The van der Waals surface area contributed by atoms with Gasteiger partial charge >= 0.3 is 5.97 Å². The highest BCUT2D eigenvalue weighted by molar-refractivity contribution is 5.96. The van der Waals surface area contributed by atoms with E-state index in [0.717, 1.165) is 23.5 Å². The van der Waals surface area contributed by atoms with Gasteiger partial charge in [-0.2, -0.15) is 0 Å². The smallest absolute Gasteiger partial charge is 0.343 e. The Balaban J connectivity index is 2.03. The summed E-state index contributed by atoms with van der Waals surface area (Å²) in [4.78, 5) is 21.3. The zero-order valence-corrected chi connectivity index (χ0v) is 15.4. The number of anilines is 3. The van der Waals surface area contributed by atoms with Crippen LogP contribution >= 0.6 is 0 Å². The number of ether oxygens (including phenoxy) is 1. The molecule has 1 aromatic heterocycles. The van der Waals surface area contributed by atoms with Gasteiger partial charge in [-0.15, -0.1) is 0 Å². The molecule has 0 atom stereocenters. The summed E-state index contributed by atoms with van der Waals surface area (Å²) >= 11 is 0. The van der Waals surface area contributed by atoms with Crippen molar-refractivity contribution in [2.45, 2.75) is 13.8 Å². The third-order valence-electron chi connectivity index (χ3n) is 3.86. The normalized spacial score (nSPS) is 10.3. The topological polar surface area (TPSA) is 76.1 Å². The highest BCUT2D eigenvalue weighted by atomic mass is 16.5. The molecular formula is C21H22N4O2. The number of carbonyl (C=O) groups excluding carboxylic acids is 1. The molecule has 0 unspecified atom stereocenters. The number of benzene rings is 2. The minimum Gasteiger partial charge on any atom is -0.462 e. The van der Waals surface area contributed by atoms with Crippen LogP contribution in [0.3, 0.4) is 0 Å². The van der Waals surface area contributed by atoms with Crippen LogP contribution < -0.4 is 10.6 Å². The van der Waals surface area contributed by atoms with Gasteiger partial charge < -0.3 is 15.4 Å². The molecule has 1 heterocycles. The van der Waals surface area contributed by atoms with Gasteiger partial charge in [0.2, 0.25) is 0 Å². The highest BCUT2D eigenvalue weighted by Gasteiger charge is 2.17. The monoisotopic (exact) mass is 362 g/mol. The Hall–Kier alpha value is -3.41. The molecule has 2 aromatic carbocycles. The van der Waals surface area contributed by atoms with Crippen molar-refractivity contribution in [3.05, 3.63) is 66.4 Å². The van der Waals surface area contributed by atoms with Gasteiger partial charge in [0.1, 0.15) is 11.4 Å². The third-order valence-corrected chi connectivity index (χ3v) is 3.86. The molecule has 3 aromatic rings. The van der Waals surface area contributed by atoms with Crippen LogP contribution in [-0.4, -0.2) is 29.1 Å². The maximum atomic E-state index is 12.4. The van der Waals surface area contributed by atoms with Crippen molar-refractivity contribution in [3.63, 3.8) is 0 Å². The van der Waals surface area contributed by atoms with E-state index in [1.54, 1.807) is 6.92 Å². The lowest BCUT2D eigenvalue weighted by Crippen LogP contribution is -2.11. The van der Waals surface area contributed by atoms with Crippen LogP contribution in [0.4, 0.5) is 17.2 Å². The number of hydrogen-bond donors (Lipinski definition) is 2. The lowest BCUT2D eigenvalue weighted by atomic mass is 10.2. The first kappa shape index (κ1) is 18.4. The van der Waals surface area contributed by atoms with E-state index in [1.807, 2.05) is 61.5 Å². The quantitative estimate of drug-likeness (QED) is 0.603. The number of para-hydroxylation sites is 2. The van der Waals surface area contributed by atoms with Crippen molar-refractivity contribution in [1.82, 2.24) is 9.97 Å². The molecule has 0 spiro atoms. The average molecular weight is 362 g/mol. The Morgan fingerprint density at radius 2 is 1.70 bits per heavy atom. The minimum atomic E-state index is -0.458. The fraction of sp³-hybridized carbons (Fsp3) is 0.190. The standard InChI is InChI=1S/C21H22N4O2/c1-3-22-17-12-8-9-13-18(17)24-20-16(21(26)27-4-2)14-23-19(25-20)15-10-6-5-7-11-15/h5-14,22H,3-4H2,1-2H3,(H,23,24,25). The zero-order valence-electron chi connectivity index (χ0n) is 15.4. The number of rotatable bonds is 7. The van der Waals surface area contributed by atoms with E-state index in [4.69, 9.17) is 4.74 Å². The summed E-state index contributed by atoms with van der Waals surface area (Å²) in [5.74, 6) is 0.486. The van der Waals surface area contributed by atoms with E-state index >= 15 is 0 Å². The summed E-state index contributed by atoms with van der Waals surface area (Å²) in [7, 11) is 0. The van der Waals surface area contributed by atoms with Crippen LogP contribution in [0.25, 0.3) is 11.4 Å². The van der Waals surface area contributed by atoms with E-state index in [2.05, 4.69) is 20.6 Å². The summed E-state index contributed by atoms with van der Waals surface area (Å²) in [6, 6.07) is 17.4. The third kappa shape index (κ3) is 4.41. The second-order valence-electron chi connectivity index (χ2n) is 5.74. The lowest BCUT2D eigenvalue weighted by molar-refractivity contribution is 0.0526. The highest BCUT2D eigenvalue weighted by Crippen LogP contribution is 2.27. The van der Waals surface area contributed by atoms with Gasteiger partial charge in [-0.05, 0) is 26.0 Å². The zero-order chi connectivity index (χ0) is 19.1. The largest absolute Gasteiger partial charge is 0.462 e. The summed E-state index contributed by atoms with van der Waals surface area (Å²) in [5, 5.41) is 6.56. The summed E-state index contributed by atoms with van der Waals surface area (Å²) in [6.07, 6.45) is 1.51. The van der Waals surface area contributed by atoms with E-state index in [-0.39, 0.29) is 6.61 Å². The molecule has 0 saturated heterocycles. The second kappa shape index (κ2) is 8.80. The number of aromatic nitrogens is 2. The van der Waals surface area contributed by atoms with Crippen molar-refractivity contribution in [2.24, 2.45) is 0 Å². The molecule has 6 nitrogen and oxygen atoms in total. The number of esters is 1. The van der Waals surface area contributed by atoms with Crippen molar-refractivity contribution in [2.75, 3.05) is 23.8 Å². The molecule has 27 heavy (non-hydrogen) atoms. The van der Waals surface area contributed by atoms with Gasteiger partial charge in [0.15, 0.2) is 5.82 Å². The molecule has 0 fully saturated rings. The maximum Gasteiger partial charge on any atom is 0.343 e. The van der Waals surface area contributed by atoms with Crippen molar-refractivity contribution in [3.8, 4) is 11.4 Å². The summed E-state index contributed by atoms with van der Waals surface area (Å²) in [5.41, 5.74) is 2.91. The van der Waals surface area contributed by atoms with Crippen molar-refractivity contribution >= 4 is 23.2 Å². The van der Waals surface area contributed by atoms with Crippen molar-refractivity contribution in [1.29, 1.82) is 0 Å². The first-order valence-corrected chi connectivity index (χ1v) is 8.92. The molecule has 0 aliphatic rings. The molecule has 3 rings (SSSR count). The first-order valence-electron chi connectivity index (χ1n) is 8.92. The van der Waals surface area contributed by atoms with Crippen LogP contribution in [0.15, 0.2) is 60.8 Å². The predicted molar refractivity (Wildman–Crippen MR) is 107 cm³/mol. The first-order chi connectivity index (χ1) is 13.2. The lowest BCUT2D eigenvalue weighted by Gasteiger charge is -2.15. The minimum absolute atomic E-state index is 0.284. The molecule has 0 amide bonds. The van der Waals surface area contributed by atoms with Crippen molar-refractivity contribution < 1.29 is 9.53 Å². The molecule has 0 radical (unpaired) electrons. The molecule has 0 aliphatic heterocycles. The van der Waals surface area contributed by atoms with Gasteiger partial charge in [-0.25, -0.2) is 14.8 Å². The number of carbonyl (C=O) groups is 1. The van der Waals surface area contributed by atoms with Gasteiger partial charge in [0, 0.05) is 18.3 Å². The van der Waals surface area contributed by atoms with Crippen LogP contribution in [0.1, 0.15) is 24.2 Å². The molecule has 0 saturated carbocycles. The van der Waals surface area contributed by atoms with E-state index in [1.165, 1.54) is 6.20 Å². The Labute approximate surface area is 158 Å². The number of hydrogen-bond acceptors (Lipinski definition) is 6. The fourth-order valence-corrected chi connectivity index (χ4v) is 2.63. The SMILES string of the molecule is CCNc1ccccc1Nc1nc(-c2ccccc2)ncc1C(=O)OCC. The van der Waals surface area contributed by atoms with E-state index < -0.39 is 5.97 Å². The fourth-order valence-electron chi connectivity index (χ4n) is 2.63. The Morgan fingerprint density at radius 1 is 1.00 bits per heavy atom. The molecular weight excluding hydrogens is 340 g/mol. The molecule has 6 heteroatoms. The van der Waals surface area contributed by atoms with Gasteiger partial charge in [0.25, 0.3) is 0 Å². The van der Waals surface area contributed by atoms with Gasteiger partial charge in [-0.1, -0.05) is 42.5 Å². The molecule has 0 bridgehead atoms.